The summed E-state index contributed by atoms with van der Waals surface area (Å²) in [7, 11) is 0. The van der Waals surface area contributed by atoms with E-state index < -0.39 is 5.91 Å². The Bertz CT molecular complexity index is 280. The molecule has 0 aromatic heterocycles. The first kappa shape index (κ1) is 17.1. The van der Waals surface area contributed by atoms with E-state index in [-0.39, 0.29) is 17.4 Å². The van der Waals surface area contributed by atoms with Gasteiger partial charge in [0.2, 0.25) is 5.78 Å². The Labute approximate surface area is 111 Å². The van der Waals surface area contributed by atoms with Gasteiger partial charge in [-0.2, -0.15) is 0 Å². The molecule has 1 amide bonds. The topological polar surface area (TPSA) is 58.2 Å². The summed E-state index contributed by atoms with van der Waals surface area (Å²) in [6.07, 6.45) is 1.56. The van der Waals surface area contributed by atoms with Crippen molar-refractivity contribution in [3.05, 3.63) is 0 Å². The molecule has 1 atom stereocenters. The molecular formula is C14H28N2O2. The maximum Gasteiger partial charge on any atom is 0.289 e. The average Bonchev–Trinajstić information content (AvgIpc) is 2.22. The second kappa shape index (κ2) is 7.52. The zero-order chi connectivity index (χ0) is 14.3. The van der Waals surface area contributed by atoms with E-state index in [1.165, 1.54) is 0 Å². The summed E-state index contributed by atoms with van der Waals surface area (Å²) in [5.74, 6) is -0.478. The van der Waals surface area contributed by atoms with E-state index in [2.05, 4.69) is 10.6 Å². The van der Waals surface area contributed by atoms with Crippen molar-refractivity contribution in [3.63, 3.8) is 0 Å². The van der Waals surface area contributed by atoms with E-state index >= 15 is 0 Å². The molecule has 0 aliphatic carbocycles. The number of carbonyl (C=O) groups is 2. The van der Waals surface area contributed by atoms with Gasteiger partial charge in [0.1, 0.15) is 0 Å². The largest absolute Gasteiger partial charge is 0.349 e. The zero-order valence-corrected chi connectivity index (χ0v) is 12.6. The van der Waals surface area contributed by atoms with Crippen LogP contribution in [0.1, 0.15) is 54.4 Å². The maximum atomic E-state index is 12.0. The summed E-state index contributed by atoms with van der Waals surface area (Å²) in [6, 6.07) is -0.387. The highest BCUT2D eigenvalue weighted by Crippen LogP contribution is 2.07. The van der Waals surface area contributed by atoms with Gasteiger partial charge in [0, 0.05) is 12.1 Å². The van der Waals surface area contributed by atoms with E-state index in [0.29, 0.717) is 18.9 Å². The van der Waals surface area contributed by atoms with Crippen molar-refractivity contribution in [1.82, 2.24) is 10.6 Å². The summed E-state index contributed by atoms with van der Waals surface area (Å²) in [5, 5.41) is 5.89. The molecule has 0 heterocycles. The summed E-state index contributed by atoms with van der Waals surface area (Å²) in [4.78, 5) is 23.8. The van der Waals surface area contributed by atoms with Crippen LogP contribution in [0.3, 0.4) is 0 Å². The molecule has 0 aliphatic heterocycles. The van der Waals surface area contributed by atoms with E-state index in [0.717, 1.165) is 6.42 Å². The van der Waals surface area contributed by atoms with Crippen LogP contribution >= 0.6 is 0 Å². The minimum atomic E-state index is -0.473. The van der Waals surface area contributed by atoms with Gasteiger partial charge in [-0.3, -0.25) is 9.59 Å². The van der Waals surface area contributed by atoms with Gasteiger partial charge in [-0.15, -0.1) is 0 Å². The minimum absolute atomic E-state index is 0.173. The van der Waals surface area contributed by atoms with Gasteiger partial charge in [-0.05, 0) is 33.1 Å². The monoisotopic (exact) mass is 256 g/mol. The molecule has 0 aromatic rings. The van der Waals surface area contributed by atoms with Gasteiger partial charge < -0.3 is 10.6 Å². The van der Waals surface area contributed by atoms with Crippen LogP contribution in [0.5, 0.6) is 0 Å². The first-order valence-corrected chi connectivity index (χ1v) is 6.77. The van der Waals surface area contributed by atoms with Crippen LogP contribution in [-0.2, 0) is 9.59 Å². The van der Waals surface area contributed by atoms with Crippen molar-refractivity contribution in [1.29, 1.82) is 0 Å². The van der Waals surface area contributed by atoms with Crippen LogP contribution in [0.25, 0.3) is 0 Å². The van der Waals surface area contributed by atoms with Crippen LogP contribution in [0.2, 0.25) is 0 Å². The molecule has 0 aliphatic rings. The van der Waals surface area contributed by atoms with Crippen LogP contribution < -0.4 is 10.6 Å². The van der Waals surface area contributed by atoms with E-state index in [1.54, 1.807) is 0 Å². The van der Waals surface area contributed by atoms with Crippen molar-refractivity contribution < 1.29 is 9.59 Å². The highest BCUT2D eigenvalue weighted by molar-refractivity contribution is 6.38. The third-order valence-electron chi connectivity index (χ3n) is 2.40. The number of hydrogen-bond acceptors (Lipinski definition) is 3. The number of amides is 1. The lowest BCUT2D eigenvalue weighted by Gasteiger charge is -2.27. The van der Waals surface area contributed by atoms with Crippen molar-refractivity contribution in [2.75, 3.05) is 6.54 Å². The molecule has 0 fully saturated rings. The lowest BCUT2D eigenvalue weighted by atomic mass is 10.0. The Hall–Kier alpha value is -0.900. The van der Waals surface area contributed by atoms with Crippen LogP contribution in [-0.4, -0.2) is 29.8 Å². The third-order valence-corrected chi connectivity index (χ3v) is 2.40. The van der Waals surface area contributed by atoms with E-state index in [9.17, 15) is 9.59 Å². The lowest BCUT2D eigenvalue weighted by molar-refractivity contribution is -0.139. The molecule has 0 radical (unpaired) electrons. The van der Waals surface area contributed by atoms with E-state index in [4.69, 9.17) is 0 Å². The standard InChI is InChI=1S/C14H28N2O2/c1-7-8-11(16-14(4,5)6)12(17)13(18)15-9-10(2)3/h10-11,16H,7-9H2,1-6H3,(H,15,18). The Morgan fingerprint density at radius 2 is 1.72 bits per heavy atom. The SMILES string of the molecule is CCCC(NC(C)(C)C)C(=O)C(=O)NCC(C)C. The minimum Gasteiger partial charge on any atom is -0.349 e. The number of Topliss-reactive ketones (excluding diaryl/α,β-unsaturated/α-hetero) is 1. The number of hydrogen-bond donors (Lipinski definition) is 2. The van der Waals surface area contributed by atoms with Gasteiger partial charge in [-0.1, -0.05) is 27.2 Å². The Balaban J connectivity index is 4.50. The highest BCUT2D eigenvalue weighted by Gasteiger charge is 2.27. The number of nitrogens with one attached hydrogen (secondary N) is 2. The number of rotatable bonds is 7. The molecule has 0 rings (SSSR count). The lowest BCUT2D eigenvalue weighted by Crippen LogP contribution is -2.52. The van der Waals surface area contributed by atoms with Gasteiger partial charge in [-0.25, -0.2) is 0 Å². The summed E-state index contributed by atoms with van der Waals surface area (Å²) < 4.78 is 0. The fourth-order valence-corrected chi connectivity index (χ4v) is 1.62. The smallest absolute Gasteiger partial charge is 0.289 e. The van der Waals surface area contributed by atoms with Crippen molar-refractivity contribution in [3.8, 4) is 0 Å². The highest BCUT2D eigenvalue weighted by atomic mass is 16.2. The predicted molar refractivity (Wildman–Crippen MR) is 74.4 cm³/mol. The fraction of sp³-hybridized carbons (Fsp3) is 0.857. The second-order valence-corrected chi connectivity index (χ2v) is 6.20. The molecule has 0 bridgehead atoms. The normalized spacial score (nSPS) is 13.5. The molecule has 2 N–H and O–H groups in total. The van der Waals surface area contributed by atoms with Crippen LogP contribution in [0, 0.1) is 5.92 Å². The average molecular weight is 256 g/mol. The number of carbonyl (C=O) groups excluding carboxylic acids is 2. The Kier molecular flexibility index (Phi) is 7.14. The molecule has 0 saturated heterocycles. The molecule has 0 saturated carbocycles. The molecule has 0 aromatic carbocycles. The summed E-state index contributed by atoms with van der Waals surface area (Å²) >= 11 is 0. The first-order valence-electron chi connectivity index (χ1n) is 6.77. The second-order valence-electron chi connectivity index (χ2n) is 6.20. The summed E-state index contributed by atoms with van der Waals surface area (Å²) in [6.45, 7) is 12.5. The van der Waals surface area contributed by atoms with Crippen molar-refractivity contribution in [2.24, 2.45) is 5.92 Å². The fourth-order valence-electron chi connectivity index (χ4n) is 1.62. The van der Waals surface area contributed by atoms with Crippen molar-refractivity contribution >= 4 is 11.7 Å². The molecular weight excluding hydrogens is 228 g/mol. The predicted octanol–water partition coefficient (Wildman–Crippen LogP) is 1.88. The third kappa shape index (κ3) is 7.43. The van der Waals surface area contributed by atoms with Gasteiger partial charge >= 0.3 is 0 Å². The first-order chi connectivity index (χ1) is 8.17. The Morgan fingerprint density at radius 1 is 1.17 bits per heavy atom. The molecule has 18 heavy (non-hydrogen) atoms. The summed E-state index contributed by atoms with van der Waals surface area (Å²) in [5.41, 5.74) is -0.173. The maximum absolute atomic E-state index is 12.0. The zero-order valence-electron chi connectivity index (χ0n) is 12.6. The molecule has 1 unspecified atom stereocenters. The van der Waals surface area contributed by atoms with E-state index in [1.807, 2.05) is 41.5 Å². The number of ketones is 1. The van der Waals surface area contributed by atoms with Crippen LogP contribution in [0.15, 0.2) is 0 Å². The van der Waals surface area contributed by atoms with Crippen molar-refractivity contribution in [2.45, 2.75) is 66.0 Å². The van der Waals surface area contributed by atoms with Gasteiger partial charge in [0.15, 0.2) is 0 Å². The molecule has 106 valence electrons. The quantitative estimate of drug-likeness (QED) is 0.684. The van der Waals surface area contributed by atoms with Gasteiger partial charge in [0.25, 0.3) is 5.91 Å². The van der Waals surface area contributed by atoms with Crippen LogP contribution in [0.4, 0.5) is 0 Å². The molecule has 4 heteroatoms. The Morgan fingerprint density at radius 3 is 2.11 bits per heavy atom. The van der Waals surface area contributed by atoms with Gasteiger partial charge in [0.05, 0.1) is 6.04 Å². The molecule has 0 spiro atoms. The molecule has 4 nitrogen and oxygen atoms in total.